The quantitative estimate of drug-likeness (QED) is 0.859. The zero-order chi connectivity index (χ0) is 16.9. The van der Waals surface area contributed by atoms with Crippen LogP contribution in [0.1, 0.15) is 44.2 Å². The molecule has 24 heavy (non-hydrogen) atoms. The summed E-state index contributed by atoms with van der Waals surface area (Å²) in [6.07, 6.45) is 2.24. The Hall–Kier alpha value is -1.07. The van der Waals surface area contributed by atoms with Crippen LogP contribution in [-0.4, -0.2) is 31.6 Å². The first-order chi connectivity index (χ1) is 11.5. The van der Waals surface area contributed by atoms with Crippen LogP contribution in [0, 0.1) is 5.92 Å². The number of hydrogen-bond acceptors (Lipinski definition) is 4. The average molecular weight is 392 g/mol. The molecule has 0 amide bonds. The summed E-state index contributed by atoms with van der Waals surface area (Å²) in [7, 11) is 1.67. The van der Waals surface area contributed by atoms with Crippen LogP contribution < -0.4 is 14.8 Å². The number of benzene rings is 1. The zero-order valence-corrected chi connectivity index (χ0v) is 15.8. The molecule has 0 aromatic heterocycles. The SMILES string of the molecule is CCNC1C2CCC(=O)[C@H]3Oc4c(OC)cc(Br)c5c4[C@@]23CC51C. The van der Waals surface area contributed by atoms with Gasteiger partial charge < -0.3 is 14.8 Å². The highest BCUT2D eigenvalue weighted by atomic mass is 79.9. The van der Waals surface area contributed by atoms with Crippen molar-refractivity contribution in [2.24, 2.45) is 5.92 Å². The summed E-state index contributed by atoms with van der Waals surface area (Å²) >= 11 is 3.79. The van der Waals surface area contributed by atoms with Gasteiger partial charge in [0.05, 0.1) is 7.11 Å². The van der Waals surface area contributed by atoms with Gasteiger partial charge in [-0.3, -0.25) is 4.79 Å². The fourth-order valence-corrected chi connectivity index (χ4v) is 7.28. The van der Waals surface area contributed by atoms with E-state index in [1.165, 1.54) is 11.1 Å². The first-order valence-corrected chi connectivity index (χ1v) is 9.62. The zero-order valence-electron chi connectivity index (χ0n) is 14.2. The van der Waals surface area contributed by atoms with Crippen LogP contribution in [0.2, 0.25) is 0 Å². The summed E-state index contributed by atoms with van der Waals surface area (Å²) in [5.74, 6) is 2.28. The highest BCUT2D eigenvalue weighted by Gasteiger charge is 2.75. The van der Waals surface area contributed by atoms with Crippen LogP contribution in [0.15, 0.2) is 10.5 Å². The first-order valence-electron chi connectivity index (χ1n) is 8.83. The molecule has 2 bridgehead atoms. The molecule has 128 valence electrons. The predicted octanol–water partition coefficient (Wildman–Crippen LogP) is 3.09. The standard InChI is InChI=1S/C19H22BrNO3/c1-4-21-16-9-5-6-11(22)17-19(9)8-18(16,2)13-10(20)7-12(23-3)15(24-17)14(13)19/h7,9,16-17,21H,4-6,8H2,1-3H3/t9?,16?,17-,18?,19-/m1/s1. The molecule has 4 aliphatic rings. The smallest absolute Gasteiger partial charge is 0.174 e. The van der Waals surface area contributed by atoms with Gasteiger partial charge in [-0.25, -0.2) is 0 Å². The van der Waals surface area contributed by atoms with Gasteiger partial charge >= 0.3 is 0 Å². The number of nitrogens with one attached hydrogen (secondary N) is 1. The van der Waals surface area contributed by atoms with Gasteiger partial charge in [0, 0.05) is 33.3 Å². The second-order valence-corrected chi connectivity index (χ2v) is 8.77. The lowest BCUT2D eigenvalue weighted by Gasteiger charge is -2.44. The Balaban J connectivity index is 1.84. The molecule has 2 fully saturated rings. The number of methoxy groups -OCH3 is 1. The van der Waals surface area contributed by atoms with Gasteiger partial charge in [-0.2, -0.15) is 0 Å². The van der Waals surface area contributed by atoms with Crippen LogP contribution in [0.3, 0.4) is 0 Å². The minimum atomic E-state index is -0.335. The van der Waals surface area contributed by atoms with Gasteiger partial charge in [-0.1, -0.05) is 29.8 Å². The van der Waals surface area contributed by atoms with Crippen LogP contribution in [0.5, 0.6) is 11.5 Å². The van der Waals surface area contributed by atoms with Gasteiger partial charge in [-0.05, 0) is 36.9 Å². The van der Waals surface area contributed by atoms with Crippen molar-refractivity contribution in [3.05, 3.63) is 21.7 Å². The number of carbonyl (C=O) groups excluding carboxylic acids is 1. The van der Waals surface area contributed by atoms with E-state index < -0.39 is 0 Å². The summed E-state index contributed by atoms with van der Waals surface area (Å²) in [5.41, 5.74) is 2.45. The second-order valence-electron chi connectivity index (χ2n) is 7.92. The van der Waals surface area contributed by atoms with Crippen molar-refractivity contribution < 1.29 is 14.3 Å². The Morgan fingerprint density at radius 3 is 2.96 bits per heavy atom. The molecule has 1 N–H and O–H groups in total. The van der Waals surface area contributed by atoms with Crippen LogP contribution in [0.25, 0.3) is 0 Å². The highest BCUT2D eigenvalue weighted by molar-refractivity contribution is 9.10. The Morgan fingerprint density at radius 2 is 2.25 bits per heavy atom. The van der Waals surface area contributed by atoms with E-state index in [0.717, 1.165) is 35.4 Å². The maximum absolute atomic E-state index is 12.8. The number of hydrogen-bond donors (Lipinski definition) is 1. The molecular weight excluding hydrogens is 370 g/mol. The normalized spacial score (nSPS) is 40.7. The molecular formula is C19H22BrNO3. The van der Waals surface area contributed by atoms with Gasteiger partial charge in [0.25, 0.3) is 0 Å². The number of halogens is 1. The number of Topliss-reactive ketones (excluding diaryl/α,β-unsaturated/α-hetero) is 1. The molecule has 0 saturated heterocycles. The van der Waals surface area contributed by atoms with Crippen molar-refractivity contribution in [3.8, 4) is 11.5 Å². The topological polar surface area (TPSA) is 47.6 Å². The van der Waals surface area contributed by atoms with Crippen molar-refractivity contribution in [1.82, 2.24) is 5.32 Å². The summed E-state index contributed by atoms with van der Waals surface area (Å²) in [6.45, 7) is 5.47. The lowest BCUT2D eigenvalue weighted by molar-refractivity contribution is -0.132. The van der Waals surface area contributed by atoms with Gasteiger partial charge in [0.2, 0.25) is 0 Å². The monoisotopic (exact) mass is 391 g/mol. The van der Waals surface area contributed by atoms with Crippen LogP contribution in [0.4, 0.5) is 0 Å². The highest BCUT2D eigenvalue weighted by Crippen LogP contribution is 2.73. The lowest BCUT2D eigenvalue weighted by Crippen LogP contribution is -2.56. The number of likely N-dealkylation sites (N-methyl/N-ethyl adjacent to an activating group) is 1. The van der Waals surface area contributed by atoms with E-state index in [4.69, 9.17) is 9.47 Å². The molecule has 0 radical (unpaired) electrons. The van der Waals surface area contributed by atoms with E-state index in [-0.39, 0.29) is 22.7 Å². The molecule has 3 unspecified atom stereocenters. The second kappa shape index (κ2) is 4.55. The maximum Gasteiger partial charge on any atom is 0.174 e. The van der Waals surface area contributed by atoms with Gasteiger partial charge in [-0.15, -0.1) is 0 Å². The molecule has 1 aromatic carbocycles. The number of ether oxygens (including phenoxy) is 2. The molecule has 1 aromatic rings. The number of rotatable bonds is 3. The number of ketones is 1. The van der Waals surface area contributed by atoms with Gasteiger partial charge in [0.1, 0.15) is 0 Å². The van der Waals surface area contributed by atoms with Crippen molar-refractivity contribution in [1.29, 1.82) is 0 Å². The number of fused-ring (bicyclic) bond motifs is 2. The van der Waals surface area contributed by atoms with Crippen molar-refractivity contribution in [2.45, 2.75) is 56.1 Å². The number of carbonyl (C=O) groups is 1. The Labute approximate surface area is 150 Å². The summed E-state index contributed by atoms with van der Waals surface area (Å²) in [5, 5.41) is 3.75. The third-order valence-electron chi connectivity index (χ3n) is 6.99. The lowest BCUT2D eigenvalue weighted by atomic mass is 9.60. The van der Waals surface area contributed by atoms with E-state index in [1.807, 2.05) is 6.07 Å². The molecule has 4 nitrogen and oxygen atoms in total. The van der Waals surface area contributed by atoms with Crippen LogP contribution >= 0.6 is 15.9 Å². The Bertz CT molecular complexity index is 778. The molecule has 2 saturated carbocycles. The summed E-state index contributed by atoms with van der Waals surface area (Å²) < 4.78 is 12.9. The van der Waals surface area contributed by atoms with Crippen LogP contribution in [-0.2, 0) is 15.6 Å². The molecule has 3 aliphatic carbocycles. The molecule has 1 aliphatic heterocycles. The van der Waals surface area contributed by atoms with E-state index >= 15 is 0 Å². The van der Waals surface area contributed by atoms with Gasteiger partial charge in [0.15, 0.2) is 23.4 Å². The molecule has 1 heterocycles. The summed E-state index contributed by atoms with van der Waals surface area (Å²) in [6, 6.07) is 2.40. The first kappa shape index (κ1) is 15.2. The van der Waals surface area contributed by atoms with E-state index in [0.29, 0.717) is 18.4 Å². The third kappa shape index (κ3) is 1.40. The molecule has 5 heteroatoms. The Kier molecular flexibility index (Phi) is 2.89. The maximum atomic E-state index is 12.8. The molecule has 5 rings (SSSR count). The third-order valence-corrected chi connectivity index (χ3v) is 7.61. The van der Waals surface area contributed by atoms with Crippen molar-refractivity contribution in [2.75, 3.05) is 13.7 Å². The van der Waals surface area contributed by atoms with Crippen molar-refractivity contribution >= 4 is 21.7 Å². The minimum Gasteiger partial charge on any atom is -0.493 e. The fraction of sp³-hybridized carbons (Fsp3) is 0.632. The van der Waals surface area contributed by atoms with Crippen molar-refractivity contribution in [3.63, 3.8) is 0 Å². The molecule has 5 atom stereocenters. The largest absolute Gasteiger partial charge is 0.493 e. The average Bonchev–Trinajstić information content (AvgIpc) is 3.10. The summed E-state index contributed by atoms with van der Waals surface area (Å²) in [4.78, 5) is 12.8. The predicted molar refractivity (Wildman–Crippen MR) is 94.0 cm³/mol. The fourth-order valence-electron chi connectivity index (χ4n) is 6.42. The van der Waals surface area contributed by atoms with E-state index in [9.17, 15) is 4.79 Å². The Morgan fingerprint density at radius 1 is 1.46 bits per heavy atom. The van der Waals surface area contributed by atoms with E-state index in [1.54, 1.807) is 7.11 Å². The molecule has 1 spiro atoms. The minimum absolute atomic E-state index is 0.0303. The van der Waals surface area contributed by atoms with E-state index in [2.05, 4.69) is 35.1 Å².